The highest BCUT2D eigenvalue weighted by Gasteiger charge is 3.03. The molecule has 0 aromatic heterocycles. The summed E-state index contributed by atoms with van der Waals surface area (Å²) in [5.41, 5.74) is -7.38. The van der Waals surface area contributed by atoms with Gasteiger partial charge in [0, 0.05) is 0 Å². The molecule has 0 unspecified atom stereocenters. The van der Waals surface area contributed by atoms with Crippen LogP contribution in [0.5, 0.6) is 0 Å². The van der Waals surface area contributed by atoms with Crippen LogP contribution in [0, 0.1) is 5.41 Å². The minimum absolute atomic E-state index is 0.0900. The fraction of sp³-hybridized carbons (Fsp3) is 0.846. The SMILES string of the molecule is COC(=O)C1(C(F)(F)F)OC(F)(F)C2(C(F)(F)O1)C(F)(F)OC(C(=O)OC)(C(F)(F)F)OC2(F)F. The van der Waals surface area contributed by atoms with Crippen LogP contribution in [0.3, 0.4) is 0 Å². The van der Waals surface area contributed by atoms with Gasteiger partial charge in [-0.15, -0.1) is 0 Å². The van der Waals surface area contributed by atoms with E-state index in [2.05, 4.69) is 28.4 Å². The molecule has 35 heavy (non-hydrogen) atoms. The van der Waals surface area contributed by atoms with Gasteiger partial charge in [-0.05, 0) is 0 Å². The normalized spacial score (nSPS) is 35.9. The Morgan fingerprint density at radius 1 is 0.543 bits per heavy atom. The Labute approximate surface area is 180 Å². The number of hydrogen-bond acceptors (Lipinski definition) is 8. The maximum atomic E-state index is 14.6. The molecule has 0 radical (unpaired) electrons. The Balaban J connectivity index is 2.93. The minimum Gasteiger partial charge on any atom is -0.465 e. The summed E-state index contributed by atoms with van der Waals surface area (Å²) in [6.45, 7) is 0. The van der Waals surface area contributed by atoms with Crippen molar-refractivity contribution < 1.29 is 99.5 Å². The Morgan fingerprint density at radius 3 is 0.886 bits per heavy atom. The minimum atomic E-state index is -7.42. The second-order valence-corrected chi connectivity index (χ2v) is 6.44. The predicted octanol–water partition coefficient (Wildman–Crippen LogP) is 3.30. The van der Waals surface area contributed by atoms with E-state index in [1.54, 1.807) is 0 Å². The maximum Gasteiger partial charge on any atom is 0.455 e. The van der Waals surface area contributed by atoms with E-state index in [4.69, 9.17) is 0 Å². The Morgan fingerprint density at radius 2 is 0.743 bits per heavy atom. The van der Waals surface area contributed by atoms with Gasteiger partial charge in [-0.1, -0.05) is 0 Å². The molecular weight excluding hydrogens is 550 g/mol. The zero-order valence-corrected chi connectivity index (χ0v) is 16.1. The number of carbonyl (C=O) groups is 2. The van der Waals surface area contributed by atoms with E-state index in [0.29, 0.717) is 0 Å². The van der Waals surface area contributed by atoms with Crippen molar-refractivity contribution in [2.45, 2.75) is 48.4 Å². The van der Waals surface area contributed by atoms with E-state index < -0.39 is 65.7 Å². The third-order valence-electron chi connectivity index (χ3n) is 4.49. The van der Waals surface area contributed by atoms with E-state index in [1.165, 1.54) is 0 Å². The fourth-order valence-electron chi connectivity index (χ4n) is 2.98. The van der Waals surface area contributed by atoms with E-state index in [-0.39, 0.29) is 14.2 Å². The number of esters is 2. The maximum absolute atomic E-state index is 14.6. The van der Waals surface area contributed by atoms with Crippen molar-refractivity contribution in [3.8, 4) is 0 Å². The van der Waals surface area contributed by atoms with E-state index in [9.17, 15) is 71.1 Å². The summed E-state index contributed by atoms with van der Waals surface area (Å²) in [5.74, 6) is -18.9. The van der Waals surface area contributed by atoms with E-state index >= 15 is 0 Å². The zero-order valence-electron chi connectivity index (χ0n) is 16.1. The fourth-order valence-corrected chi connectivity index (χ4v) is 2.98. The van der Waals surface area contributed by atoms with Crippen molar-refractivity contribution in [1.29, 1.82) is 0 Å². The van der Waals surface area contributed by atoms with Gasteiger partial charge >= 0.3 is 65.7 Å². The van der Waals surface area contributed by atoms with Crippen LogP contribution >= 0.6 is 0 Å². The lowest BCUT2D eigenvalue weighted by Gasteiger charge is -2.58. The molecule has 1 spiro atoms. The molecule has 8 nitrogen and oxygen atoms in total. The number of hydrogen-bond donors (Lipinski definition) is 0. The largest absolute Gasteiger partial charge is 0.465 e. The van der Waals surface area contributed by atoms with Gasteiger partial charge < -0.3 is 9.47 Å². The van der Waals surface area contributed by atoms with E-state index in [0.717, 1.165) is 0 Å². The highest BCUT2D eigenvalue weighted by atomic mass is 19.4. The number of halogens is 14. The predicted molar refractivity (Wildman–Crippen MR) is 68.2 cm³/mol. The van der Waals surface area contributed by atoms with Gasteiger partial charge in [0.25, 0.3) is 0 Å². The number of rotatable bonds is 2. The summed E-state index contributed by atoms with van der Waals surface area (Å²) in [4.78, 5) is 22.7. The zero-order chi connectivity index (χ0) is 27.9. The van der Waals surface area contributed by atoms with Crippen LogP contribution < -0.4 is 0 Å². The van der Waals surface area contributed by atoms with Crippen LogP contribution in [0.1, 0.15) is 0 Å². The second kappa shape index (κ2) is 7.41. The van der Waals surface area contributed by atoms with Crippen molar-refractivity contribution in [3.05, 3.63) is 0 Å². The van der Waals surface area contributed by atoms with Crippen molar-refractivity contribution in [3.63, 3.8) is 0 Å². The number of methoxy groups -OCH3 is 2. The van der Waals surface area contributed by atoms with Crippen LogP contribution in [0.2, 0.25) is 0 Å². The summed E-state index contributed by atoms with van der Waals surface area (Å²) >= 11 is 0. The summed E-state index contributed by atoms with van der Waals surface area (Å²) in [6, 6.07) is 0. The van der Waals surface area contributed by atoms with Gasteiger partial charge in [0.15, 0.2) is 0 Å². The molecule has 204 valence electrons. The standard InChI is InChI=1S/C13H6F14O8/c1-30-3(28)5(8(14,15)16)32-10(20,21)7(11(22,23)33-5)12(24,25)34-6(4(29)31-2,9(17,18)19)35-13(7,26)27/h1-2H3. The lowest BCUT2D eigenvalue weighted by molar-refractivity contribution is -0.677. The number of alkyl halides is 14. The molecule has 0 aliphatic carbocycles. The first-order chi connectivity index (χ1) is 15.3. The van der Waals surface area contributed by atoms with Crippen LogP contribution in [0.4, 0.5) is 61.5 Å². The molecular formula is C13H6F14O8. The lowest BCUT2D eigenvalue weighted by Crippen LogP contribution is -2.86. The van der Waals surface area contributed by atoms with Crippen molar-refractivity contribution >= 4 is 11.9 Å². The first-order valence-corrected chi connectivity index (χ1v) is 7.91. The van der Waals surface area contributed by atoms with Gasteiger partial charge in [0.05, 0.1) is 14.2 Å². The molecule has 2 saturated heterocycles. The summed E-state index contributed by atoms with van der Waals surface area (Å²) in [6.07, 6.45) is -43.5. The first-order valence-electron chi connectivity index (χ1n) is 7.91. The molecule has 0 aromatic carbocycles. The lowest BCUT2D eigenvalue weighted by atomic mass is 9.78. The Hall–Kier alpha value is -2.20. The van der Waals surface area contributed by atoms with Crippen LogP contribution in [0.15, 0.2) is 0 Å². The molecule has 2 fully saturated rings. The van der Waals surface area contributed by atoms with Gasteiger partial charge in [-0.25, -0.2) is 9.59 Å². The third-order valence-corrected chi connectivity index (χ3v) is 4.49. The van der Waals surface area contributed by atoms with Crippen LogP contribution in [0.25, 0.3) is 0 Å². The average molecular weight is 556 g/mol. The molecule has 0 N–H and O–H groups in total. The Bertz CT molecular complexity index is 782. The number of carbonyl (C=O) groups excluding carboxylic acids is 2. The molecule has 0 saturated carbocycles. The number of ether oxygens (including phenoxy) is 6. The van der Waals surface area contributed by atoms with Crippen LogP contribution in [-0.2, 0) is 38.0 Å². The molecule has 2 rings (SSSR count). The molecule has 22 heteroatoms. The first kappa shape index (κ1) is 29.0. The summed E-state index contributed by atoms with van der Waals surface area (Å²) in [5, 5.41) is 0. The highest BCUT2D eigenvalue weighted by Crippen LogP contribution is 2.74. The highest BCUT2D eigenvalue weighted by molar-refractivity contribution is 5.80. The van der Waals surface area contributed by atoms with Crippen LogP contribution in [-0.4, -0.2) is 74.5 Å². The van der Waals surface area contributed by atoms with Crippen molar-refractivity contribution in [2.75, 3.05) is 14.2 Å². The van der Waals surface area contributed by atoms with Gasteiger partial charge in [-0.2, -0.15) is 61.5 Å². The van der Waals surface area contributed by atoms with Gasteiger partial charge in [0.1, 0.15) is 0 Å². The third kappa shape index (κ3) is 3.35. The molecule has 0 aromatic rings. The summed E-state index contributed by atoms with van der Waals surface area (Å²) < 4.78 is 213. The van der Waals surface area contributed by atoms with E-state index in [1.807, 2.05) is 0 Å². The second-order valence-electron chi connectivity index (χ2n) is 6.44. The van der Waals surface area contributed by atoms with Gasteiger partial charge in [-0.3, -0.25) is 18.9 Å². The monoisotopic (exact) mass is 556 g/mol. The quantitative estimate of drug-likeness (QED) is 0.379. The Kier molecular flexibility index (Phi) is 6.15. The molecule has 2 aliphatic rings. The smallest absolute Gasteiger partial charge is 0.455 e. The molecule has 0 amide bonds. The molecule has 2 aliphatic heterocycles. The molecule has 0 atom stereocenters. The topological polar surface area (TPSA) is 89.5 Å². The molecule has 0 bridgehead atoms. The average Bonchev–Trinajstić information content (AvgIpc) is 2.60. The van der Waals surface area contributed by atoms with Crippen molar-refractivity contribution in [2.24, 2.45) is 5.41 Å². The summed E-state index contributed by atoms with van der Waals surface area (Å²) in [7, 11) is -0.180. The van der Waals surface area contributed by atoms with Gasteiger partial charge in [0.2, 0.25) is 0 Å². The molecule has 2 heterocycles. The van der Waals surface area contributed by atoms with Crippen molar-refractivity contribution in [1.82, 2.24) is 0 Å².